The Bertz CT molecular complexity index is 1070. The van der Waals surface area contributed by atoms with Gasteiger partial charge in [0.05, 0.1) is 18.6 Å². The molecule has 0 aromatic heterocycles. The summed E-state index contributed by atoms with van der Waals surface area (Å²) in [6.07, 6.45) is 1.45. The first kappa shape index (κ1) is 27.2. The van der Waals surface area contributed by atoms with Crippen LogP contribution in [0.15, 0.2) is 48.5 Å². The number of anilines is 1. The first-order chi connectivity index (χ1) is 16.1. The van der Waals surface area contributed by atoms with Crippen molar-refractivity contribution >= 4 is 27.5 Å². The summed E-state index contributed by atoms with van der Waals surface area (Å²) >= 11 is 0. The van der Waals surface area contributed by atoms with Crippen LogP contribution in [-0.4, -0.2) is 57.1 Å². The molecule has 0 unspecified atom stereocenters. The summed E-state index contributed by atoms with van der Waals surface area (Å²) < 4.78 is 31.8. The Morgan fingerprint density at radius 2 is 1.68 bits per heavy atom. The van der Waals surface area contributed by atoms with Gasteiger partial charge in [0.2, 0.25) is 21.8 Å². The van der Waals surface area contributed by atoms with Crippen LogP contribution in [-0.2, 0) is 26.2 Å². The predicted molar refractivity (Wildman–Crippen MR) is 134 cm³/mol. The van der Waals surface area contributed by atoms with E-state index < -0.39 is 28.5 Å². The minimum absolute atomic E-state index is 0.196. The molecular formula is C25H35N3O5S. The molecule has 0 aliphatic carbocycles. The molecule has 9 heteroatoms. The highest BCUT2D eigenvalue weighted by Gasteiger charge is 2.31. The molecule has 0 bridgehead atoms. The molecule has 0 saturated heterocycles. The molecule has 0 aliphatic rings. The molecule has 1 N–H and O–H groups in total. The number of aryl methyl sites for hydroxylation is 1. The Labute approximate surface area is 202 Å². The number of carbonyl (C=O) groups is 2. The van der Waals surface area contributed by atoms with E-state index in [1.807, 2.05) is 52.0 Å². The molecule has 186 valence electrons. The highest BCUT2D eigenvalue weighted by atomic mass is 32.2. The van der Waals surface area contributed by atoms with E-state index in [0.717, 1.165) is 21.7 Å². The lowest BCUT2D eigenvalue weighted by Crippen LogP contribution is -2.52. The Kier molecular flexibility index (Phi) is 9.92. The van der Waals surface area contributed by atoms with Gasteiger partial charge >= 0.3 is 0 Å². The van der Waals surface area contributed by atoms with Gasteiger partial charge in [-0.05, 0) is 62.6 Å². The predicted octanol–water partition coefficient (Wildman–Crippen LogP) is 3.10. The number of rotatable bonds is 12. The Balaban J connectivity index is 2.42. The summed E-state index contributed by atoms with van der Waals surface area (Å²) in [4.78, 5) is 27.9. The number of amides is 2. The summed E-state index contributed by atoms with van der Waals surface area (Å²) in [5.74, 6) is -0.117. The lowest BCUT2D eigenvalue weighted by Gasteiger charge is -2.33. The molecule has 2 aromatic carbocycles. The topological polar surface area (TPSA) is 96.0 Å². The molecule has 8 nitrogen and oxygen atoms in total. The zero-order chi connectivity index (χ0) is 25.3. The first-order valence-corrected chi connectivity index (χ1v) is 13.3. The van der Waals surface area contributed by atoms with Gasteiger partial charge in [0.25, 0.3) is 0 Å². The van der Waals surface area contributed by atoms with Crippen LogP contribution in [0.5, 0.6) is 5.75 Å². The summed E-state index contributed by atoms with van der Waals surface area (Å²) in [5.41, 5.74) is 2.23. The zero-order valence-corrected chi connectivity index (χ0v) is 21.4. The molecule has 0 radical (unpaired) electrons. The maximum atomic E-state index is 13.6. The summed E-state index contributed by atoms with van der Waals surface area (Å²) in [7, 11) is -3.77. The minimum Gasteiger partial charge on any atom is -0.494 e. The molecular weight excluding hydrogens is 454 g/mol. The normalized spacial score (nSPS) is 12.0. The fourth-order valence-corrected chi connectivity index (χ4v) is 4.52. The highest BCUT2D eigenvalue weighted by Crippen LogP contribution is 2.23. The van der Waals surface area contributed by atoms with Crippen LogP contribution in [0, 0.1) is 6.92 Å². The third-order valence-corrected chi connectivity index (χ3v) is 6.59. The third kappa shape index (κ3) is 7.21. The van der Waals surface area contributed by atoms with Gasteiger partial charge in [-0.2, -0.15) is 0 Å². The van der Waals surface area contributed by atoms with Gasteiger partial charge in [-0.25, -0.2) is 8.42 Å². The quantitative estimate of drug-likeness (QED) is 0.494. The number of ether oxygens (including phenoxy) is 1. The second-order valence-electron chi connectivity index (χ2n) is 7.96. The van der Waals surface area contributed by atoms with E-state index in [-0.39, 0.29) is 12.5 Å². The average molecular weight is 490 g/mol. The maximum absolute atomic E-state index is 13.6. The van der Waals surface area contributed by atoms with Crippen molar-refractivity contribution in [2.75, 3.05) is 30.3 Å². The molecule has 2 amide bonds. The standard InChI is InChI=1S/C25H35N3O5S/c1-6-23(25(30)26-7-2)27(17-20-12-10-9-11-19(20)4)24(29)18-28(34(5,31)32)21-13-15-22(16-14-21)33-8-3/h9-16,23H,6-8,17-18H2,1-5H3,(H,26,30)/t23-/m1/s1. The lowest BCUT2D eigenvalue weighted by molar-refractivity contribution is -0.140. The van der Waals surface area contributed by atoms with Gasteiger partial charge in [0.15, 0.2) is 0 Å². The van der Waals surface area contributed by atoms with E-state index in [4.69, 9.17) is 4.74 Å². The lowest BCUT2D eigenvalue weighted by atomic mass is 10.1. The number of benzene rings is 2. The largest absolute Gasteiger partial charge is 0.494 e. The van der Waals surface area contributed by atoms with Gasteiger partial charge in [0.1, 0.15) is 18.3 Å². The van der Waals surface area contributed by atoms with Crippen molar-refractivity contribution < 1.29 is 22.7 Å². The fraction of sp³-hybridized carbons (Fsp3) is 0.440. The number of likely N-dealkylation sites (N-methyl/N-ethyl adjacent to an activating group) is 1. The van der Waals surface area contributed by atoms with Crippen LogP contribution >= 0.6 is 0 Å². The van der Waals surface area contributed by atoms with Crippen LogP contribution in [0.25, 0.3) is 0 Å². The van der Waals surface area contributed by atoms with Crippen LogP contribution < -0.4 is 14.4 Å². The number of sulfonamides is 1. The van der Waals surface area contributed by atoms with E-state index >= 15 is 0 Å². The van der Waals surface area contributed by atoms with Crippen LogP contribution in [0.3, 0.4) is 0 Å². The van der Waals surface area contributed by atoms with E-state index in [0.29, 0.717) is 31.0 Å². The molecule has 2 aromatic rings. The van der Waals surface area contributed by atoms with Gasteiger partial charge in [-0.1, -0.05) is 31.2 Å². The van der Waals surface area contributed by atoms with Crippen LogP contribution in [0.4, 0.5) is 5.69 Å². The van der Waals surface area contributed by atoms with Gasteiger partial charge in [-0.15, -0.1) is 0 Å². The van der Waals surface area contributed by atoms with Crippen molar-refractivity contribution in [3.63, 3.8) is 0 Å². The van der Waals surface area contributed by atoms with E-state index in [9.17, 15) is 18.0 Å². The average Bonchev–Trinajstić information content (AvgIpc) is 2.79. The fourth-order valence-electron chi connectivity index (χ4n) is 3.67. The van der Waals surface area contributed by atoms with Crippen molar-refractivity contribution in [2.24, 2.45) is 0 Å². The van der Waals surface area contributed by atoms with Crippen molar-refractivity contribution in [3.05, 3.63) is 59.7 Å². The molecule has 1 atom stereocenters. The molecule has 0 aliphatic heterocycles. The Morgan fingerprint density at radius 3 is 2.21 bits per heavy atom. The smallest absolute Gasteiger partial charge is 0.244 e. The second-order valence-corrected chi connectivity index (χ2v) is 9.87. The number of hydrogen-bond donors (Lipinski definition) is 1. The number of nitrogens with one attached hydrogen (secondary N) is 1. The van der Waals surface area contributed by atoms with Crippen LogP contribution in [0.2, 0.25) is 0 Å². The molecule has 34 heavy (non-hydrogen) atoms. The molecule has 0 saturated carbocycles. The number of carbonyl (C=O) groups excluding carboxylic acids is 2. The van der Waals surface area contributed by atoms with E-state index in [1.54, 1.807) is 24.3 Å². The van der Waals surface area contributed by atoms with E-state index in [1.165, 1.54) is 4.90 Å². The summed E-state index contributed by atoms with van der Waals surface area (Å²) in [5, 5.41) is 2.79. The van der Waals surface area contributed by atoms with Crippen molar-refractivity contribution in [1.82, 2.24) is 10.2 Å². The monoisotopic (exact) mass is 489 g/mol. The van der Waals surface area contributed by atoms with Gasteiger partial charge < -0.3 is 15.0 Å². The highest BCUT2D eigenvalue weighted by molar-refractivity contribution is 7.92. The number of hydrogen-bond acceptors (Lipinski definition) is 5. The molecule has 2 rings (SSSR count). The number of nitrogens with zero attached hydrogens (tertiary/aromatic N) is 2. The van der Waals surface area contributed by atoms with E-state index in [2.05, 4.69) is 5.32 Å². The van der Waals surface area contributed by atoms with Crippen molar-refractivity contribution in [2.45, 2.75) is 46.7 Å². The second kappa shape index (κ2) is 12.4. The zero-order valence-electron chi connectivity index (χ0n) is 20.6. The maximum Gasteiger partial charge on any atom is 0.244 e. The first-order valence-electron chi connectivity index (χ1n) is 11.4. The SMILES string of the molecule is CCNC(=O)[C@@H](CC)N(Cc1ccccc1C)C(=O)CN(c1ccc(OCC)cc1)S(C)(=O)=O. The summed E-state index contributed by atoms with van der Waals surface area (Å²) in [6, 6.07) is 13.4. The van der Waals surface area contributed by atoms with Gasteiger partial charge in [-0.3, -0.25) is 13.9 Å². The van der Waals surface area contributed by atoms with Gasteiger partial charge in [0, 0.05) is 13.1 Å². The minimum atomic E-state index is -3.77. The van der Waals surface area contributed by atoms with Crippen LogP contribution in [0.1, 0.15) is 38.3 Å². The third-order valence-electron chi connectivity index (χ3n) is 5.45. The van der Waals surface area contributed by atoms with Crippen molar-refractivity contribution in [1.29, 1.82) is 0 Å². The summed E-state index contributed by atoms with van der Waals surface area (Å²) in [6.45, 7) is 8.14. The van der Waals surface area contributed by atoms with Crippen molar-refractivity contribution in [3.8, 4) is 5.75 Å². The molecule has 0 heterocycles. The molecule has 0 spiro atoms. The Morgan fingerprint density at radius 1 is 1.03 bits per heavy atom. The molecule has 0 fully saturated rings. The Hall–Kier alpha value is -3.07.